The van der Waals surface area contributed by atoms with Gasteiger partial charge in [-0.15, -0.1) is 0 Å². The van der Waals surface area contributed by atoms with Gasteiger partial charge in [0.25, 0.3) is 0 Å². The van der Waals surface area contributed by atoms with Crippen LogP contribution in [0.2, 0.25) is 0 Å². The quantitative estimate of drug-likeness (QED) is 0.582. The third-order valence-electron chi connectivity index (χ3n) is 2.60. The molecule has 1 aliphatic rings. The van der Waals surface area contributed by atoms with Crippen molar-refractivity contribution >= 4 is 17.7 Å². The molecule has 15 heavy (non-hydrogen) atoms. The molecule has 0 aliphatic carbocycles. The molecule has 0 radical (unpaired) electrons. The van der Waals surface area contributed by atoms with E-state index in [-0.39, 0.29) is 0 Å². The van der Waals surface area contributed by atoms with Crippen LogP contribution in [0.4, 0.5) is 0 Å². The van der Waals surface area contributed by atoms with Crippen molar-refractivity contribution in [1.82, 2.24) is 9.80 Å². The molecule has 84 valence electrons. The van der Waals surface area contributed by atoms with Crippen molar-refractivity contribution in [2.45, 2.75) is 19.9 Å². The number of nitrogens with zero attached hydrogens (tertiary/aromatic N) is 2. The third-order valence-corrected chi connectivity index (χ3v) is 2.60. The first-order chi connectivity index (χ1) is 6.99. The summed E-state index contributed by atoms with van der Waals surface area (Å²) in [6, 6.07) is -0.722. The Labute approximate surface area is 88.0 Å². The van der Waals surface area contributed by atoms with Gasteiger partial charge < -0.3 is 15.5 Å². The minimum absolute atomic E-state index is 0.364. The molecular formula is C9H15N3O3. The SMILES string of the molecule is CCN1CCN(C(C)C(N)=O)C(=O)C1=O. The van der Waals surface area contributed by atoms with E-state index in [1.54, 1.807) is 6.92 Å². The van der Waals surface area contributed by atoms with Crippen LogP contribution in [0.15, 0.2) is 0 Å². The molecule has 1 heterocycles. The van der Waals surface area contributed by atoms with Crippen LogP contribution < -0.4 is 5.73 Å². The standard InChI is InChI=1S/C9H15N3O3/c1-3-11-4-5-12(6(2)7(10)13)9(15)8(11)14/h6H,3-5H2,1-2H3,(H2,10,13). The molecule has 1 rings (SSSR count). The topological polar surface area (TPSA) is 83.7 Å². The summed E-state index contributed by atoms with van der Waals surface area (Å²) in [5.41, 5.74) is 5.08. The average Bonchev–Trinajstić information content (AvgIpc) is 2.21. The molecule has 6 heteroatoms. The van der Waals surface area contributed by atoms with Crippen LogP contribution in [0.5, 0.6) is 0 Å². The fraction of sp³-hybridized carbons (Fsp3) is 0.667. The summed E-state index contributed by atoms with van der Waals surface area (Å²) in [6.45, 7) is 4.65. The van der Waals surface area contributed by atoms with Crippen LogP contribution in [0.3, 0.4) is 0 Å². The van der Waals surface area contributed by atoms with Crippen LogP contribution in [0, 0.1) is 0 Å². The minimum atomic E-state index is -0.722. The summed E-state index contributed by atoms with van der Waals surface area (Å²) >= 11 is 0. The van der Waals surface area contributed by atoms with Crippen molar-refractivity contribution in [2.24, 2.45) is 5.73 Å². The number of piperazine rings is 1. The summed E-state index contributed by atoms with van der Waals surface area (Å²) in [4.78, 5) is 36.6. The molecular weight excluding hydrogens is 198 g/mol. The third kappa shape index (κ3) is 2.08. The van der Waals surface area contributed by atoms with Crippen LogP contribution in [-0.2, 0) is 14.4 Å². The van der Waals surface area contributed by atoms with Gasteiger partial charge in [0.1, 0.15) is 6.04 Å². The summed E-state index contributed by atoms with van der Waals surface area (Å²) in [5.74, 6) is -1.80. The fourth-order valence-corrected chi connectivity index (χ4v) is 1.51. The highest BCUT2D eigenvalue weighted by molar-refractivity contribution is 6.35. The highest BCUT2D eigenvalue weighted by Gasteiger charge is 2.35. The number of carbonyl (C=O) groups excluding carboxylic acids is 3. The Balaban J connectivity index is 2.77. The lowest BCUT2D eigenvalue weighted by atomic mass is 10.2. The molecule has 0 aromatic rings. The molecule has 1 atom stereocenters. The smallest absolute Gasteiger partial charge is 0.312 e. The van der Waals surface area contributed by atoms with E-state index < -0.39 is 23.8 Å². The molecule has 1 fully saturated rings. The molecule has 0 aromatic heterocycles. The molecule has 0 spiro atoms. The Morgan fingerprint density at radius 2 is 2.00 bits per heavy atom. The van der Waals surface area contributed by atoms with Gasteiger partial charge in [-0.3, -0.25) is 14.4 Å². The lowest BCUT2D eigenvalue weighted by Gasteiger charge is -2.35. The zero-order valence-electron chi connectivity index (χ0n) is 8.90. The van der Waals surface area contributed by atoms with Gasteiger partial charge in [-0.05, 0) is 13.8 Å². The highest BCUT2D eigenvalue weighted by atomic mass is 16.2. The summed E-state index contributed by atoms with van der Waals surface area (Å²) < 4.78 is 0. The van der Waals surface area contributed by atoms with E-state index in [1.165, 1.54) is 16.7 Å². The molecule has 0 aromatic carbocycles. The van der Waals surface area contributed by atoms with E-state index in [4.69, 9.17) is 5.73 Å². The molecule has 1 unspecified atom stereocenters. The van der Waals surface area contributed by atoms with Crippen molar-refractivity contribution in [3.05, 3.63) is 0 Å². The fourth-order valence-electron chi connectivity index (χ4n) is 1.51. The van der Waals surface area contributed by atoms with E-state index in [2.05, 4.69) is 0 Å². The number of likely N-dealkylation sites (N-methyl/N-ethyl adjacent to an activating group) is 1. The summed E-state index contributed by atoms with van der Waals surface area (Å²) in [5, 5.41) is 0. The molecule has 3 amide bonds. The van der Waals surface area contributed by atoms with Gasteiger partial charge in [-0.1, -0.05) is 0 Å². The maximum atomic E-state index is 11.6. The largest absolute Gasteiger partial charge is 0.368 e. The zero-order chi connectivity index (χ0) is 11.6. The Kier molecular flexibility index (Phi) is 3.28. The Morgan fingerprint density at radius 1 is 1.40 bits per heavy atom. The van der Waals surface area contributed by atoms with Crippen LogP contribution in [0.25, 0.3) is 0 Å². The van der Waals surface area contributed by atoms with E-state index in [1.807, 2.05) is 0 Å². The Hall–Kier alpha value is -1.59. The van der Waals surface area contributed by atoms with Gasteiger partial charge in [-0.25, -0.2) is 0 Å². The maximum absolute atomic E-state index is 11.6. The number of primary amides is 1. The van der Waals surface area contributed by atoms with Crippen LogP contribution in [-0.4, -0.2) is 53.2 Å². The Bertz CT molecular complexity index is 303. The van der Waals surface area contributed by atoms with Crippen LogP contribution in [0.1, 0.15) is 13.8 Å². The number of hydrogen-bond donors (Lipinski definition) is 1. The average molecular weight is 213 g/mol. The summed E-state index contributed by atoms with van der Waals surface area (Å²) in [6.07, 6.45) is 0. The molecule has 1 aliphatic heterocycles. The van der Waals surface area contributed by atoms with Gasteiger partial charge in [0.2, 0.25) is 5.91 Å². The number of hydrogen-bond acceptors (Lipinski definition) is 3. The predicted octanol–water partition coefficient (Wildman–Crippen LogP) is -1.45. The predicted molar refractivity (Wildman–Crippen MR) is 52.6 cm³/mol. The minimum Gasteiger partial charge on any atom is -0.368 e. The van der Waals surface area contributed by atoms with E-state index >= 15 is 0 Å². The van der Waals surface area contributed by atoms with E-state index in [9.17, 15) is 14.4 Å². The van der Waals surface area contributed by atoms with Crippen LogP contribution >= 0.6 is 0 Å². The van der Waals surface area contributed by atoms with Gasteiger partial charge in [0, 0.05) is 19.6 Å². The molecule has 1 saturated heterocycles. The molecule has 6 nitrogen and oxygen atoms in total. The second-order valence-corrected chi connectivity index (χ2v) is 3.46. The molecule has 2 N–H and O–H groups in total. The van der Waals surface area contributed by atoms with Crippen molar-refractivity contribution in [1.29, 1.82) is 0 Å². The summed E-state index contributed by atoms with van der Waals surface area (Å²) in [7, 11) is 0. The second kappa shape index (κ2) is 4.29. The van der Waals surface area contributed by atoms with Gasteiger partial charge >= 0.3 is 11.8 Å². The number of amides is 3. The lowest BCUT2D eigenvalue weighted by molar-refractivity contribution is -0.158. The maximum Gasteiger partial charge on any atom is 0.312 e. The number of rotatable bonds is 3. The van der Waals surface area contributed by atoms with Gasteiger partial charge in [0.15, 0.2) is 0 Å². The van der Waals surface area contributed by atoms with Crippen molar-refractivity contribution in [3.63, 3.8) is 0 Å². The van der Waals surface area contributed by atoms with Crippen molar-refractivity contribution in [3.8, 4) is 0 Å². The molecule has 0 saturated carbocycles. The second-order valence-electron chi connectivity index (χ2n) is 3.46. The first-order valence-corrected chi connectivity index (χ1v) is 4.88. The van der Waals surface area contributed by atoms with Crippen molar-refractivity contribution < 1.29 is 14.4 Å². The highest BCUT2D eigenvalue weighted by Crippen LogP contribution is 2.08. The molecule has 0 bridgehead atoms. The zero-order valence-corrected chi connectivity index (χ0v) is 8.90. The van der Waals surface area contributed by atoms with Crippen molar-refractivity contribution in [2.75, 3.05) is 19.6 Å². The monoisotopic (exact) mass is 213 g/mol. The Morgan fingerprint density at radius 3 is 2.47 bits per heavy atom. The first-order valence-electron chi connectivity index (χ1n) is 4.88. The lowest BCUT2D eigenvalue weighted by Crippen LogP contribution is -2.59. The van der Waals surface area contributed by atoms with E-state index in [0.29, 0.717) is 19.6 Å². The van der Waals surface area contributed by atoms with E-state index in [0.717, 1.165) is 0 Å². The first kappa shape index (κ1) is 11.5. The number of nitrogens with two attached hydrogens (primary N) is 1. The normalized spacial score (nSPS) is 19.3. The number of carbonyl (C=O) groups is 3. The van der Waals surface area contributed by atoms with Gasteiger partial charge in [0.05, 0.1) is 0 Å². The van der Waals surface area contributed by atoms with Gasteiger partial charge in [-0.2, -0.15) is 0 Å².